The zero-order valence-corrected chi connectivity index (χ0v) is 17.8. The molecule has 0 unspecified atom stereocenters. The molecule has 0 aliphatic carbocycles. The van der Waals surface area contributed by atoms with Gasteiger partial charge in [0.05, 0.1) is 16.6 Å². The first kappa shape index (κ1) is 20.5. The molecule has 0 saturated carbocycles. The largest absolute Gasteiger partial charge is 0.302 e. The van der Waals surface area contributed by atoms with E-state index >= 15 is 0 Å². The average Bonchev–Trinajstić information content (AvgIpc) is 3.07. The van der Waals surface area contributed by atoms with Crippen LogP contribution in [0.5, 0.6) is 0 Å². The first-order valence-corrected chi connectivity index (χ1v) is 11.9. The monoisotopic (exact) mass is 425 g/mol. The number of likely N-dealkylation sites (N-methyl/N-ethyl adjacent to an activating group) is 1. The van der Waals surface area contributed by atoms with Crippen LogP contribution in [-0.2, 0) is 16.5 Å². The van der Waals surface area contributed by atoms with E-state index in [0.29, 0.717) is 0 Å². The quantitative estimate of drug-likeness (QED) is 0.413. The molecule has 3 rings (SSSR count). The van der Waals surface area contributed by atoms with Gasteiger partial charge in [0.25, 0.3) is 10.1 Å². The van der Waals surface area contributed by atoms with Gasteiger partial charge in [0.2, 0.25) is 0 Å². The van der Waals surface area contributed by atoms with Crippen LogP contribution in [0.25, 0.3) is 5.57 Å². The maximum Gasteiger partial charge on any atom is 0.294 e. The molecule has 0 saturated heterocycles. The predicted molar refractivity (Wildman–Crippen MR) is 110 cm³/mol. The van der Waals surface area contributed by atoms with Crippen molar-refractivity contribution in [3.8, 4) is 0 Å². The molecule has 1 aromatic carbocycles. The van der Waals surface area contributed by atoms with Crippen molar-refractivity contribution >= 4 is 39.2 Å². The highest BCUT2D eigenvalue weighted by Gasteiger charge is 2.17. The van der Waals surface area contributed by atoms with Gasteiger partial charge in [-0.3, -0.25) is 4.55 Å². The fourth-order valence-electron chi connectivity index (χ4n) is 3.05. The van der Waals surface area contributed by atoms with Crippen LogP contribution in [0, 0.1) is 6.92 Å². The smallest absolute Gasteiger partial charge is 0.294 e. The van der Waals surface area contributed by atoms with Gasteiger partial charge in [0.1, 0.15) is 10.7 Å². The van der Waals surface area contributed by atoms with E-state index < -0.39 is 10.1 Å². The van der Waals surface area contributed by atoms with E-state index in [1.165, 1.54) is 23.4 Å². The van der Waals surface area contributed by atoms with Crippen molar-refractivity contribution in [1.29, 1.82) is 0 Å². The average molecular weight is 426 g/mol. The van der Waals surface area contributed by atoms with Gasteiger partial charge in [0, 0.05) is 13.1 Å². The van der Waals surface area contributed by atoms with Gasteiger partial charge < -0.3 is 4.90 Å². The molecule has 0 amide bonds. The predicted octanol–water partition coefficient (Wildman–Crippen LogP) is 3.54. The van der Waals surface area contributed by atoms with Crippen molar-refractivity contribution in [3.63, 3.8) is 0 Å². The Hall–Kier alpha value is -1.26. The zero-order chi connectivity index (χ0) is 19.4. The third-order valence-electron chi connectivity index (χ3n) is 4.55. The van der Waals surface area contributed by atoms with Gasteiger partial charge in [0.15, 0.2) is 0 Å². The lowest BCUT2D eigenvalue weighted by atomic mass is 10.0. The SMILES string of the molecule is Cc1ccc(S(=O)(=O)O)cc1CCCSc1nsnc1C1=CCCN(C)C1. The summed E-state index contributed by atoms with van der Waals surface area (Å²) in [5.74, 6) is 0.872. The van der Waals surface area contributed by atoms with Crippen molar-refractivity contribution < 1.29 is 13.0 Å². The molecule has 2 heterocycles. The van der Waals surface area contributed by atoms with Crippen LogP contribution in [0.15, 0.2) is 34.2 Å². The minimum absolute atomic E-state index is 0.0462. The summed E-state index contributed by atoms with van der Waals surface area (Å²) in [6, 6.07) is 4.74. The van der Waals surface area contributed by atoms with Gasteiger partial charge >= 0.3 is 0 Å². The highest BCUT2D eigenvalue weighted by Crippen LogP contribution is 2.29. The third-order valence-corrected chi connectivity index (χ3v) is 7.10. The van der Waals surface area contributed by atoms with Crippen LogP contribution in [0.3, 0.4) is 0 Å². The number of benzene rings is 1. The summed E-state index contributed by atoms with van der Waals surface area (Å²) in [6.07, 6.45) is 4.93. The summed E-state index contributed by atoms with van der Waals surface area (Å²) < 4.78 is 40.8. The molecule has 6 nitrogen and oxygen atoms in total. The summed E-state index contributed by atoms with van der Waals surface area (Å²) >= 11 is 2.94. The fraction of sp³-hybridized carbons (Fsp3) is 0.444. The molecule has 0 spiro atoms. The Labute approximate surface area is 168 Å². The van der Waals surface area contributed by atoms with Gasteiger partial charge in [-0.1, -0.05) is 12.1 Å². The van der Waals surface area contributed by atoms with E-state index in [2.05, 4.69) is 26.8 Å². The third kappa shape index (κ3) is 5.39. The fourth-order valence-corrected chi connectivity index (χ4v) is 5.23. The number of aryl methyl sites for hydroxylation is 2. The van der Waals surface area contributed by atoms with Crippen molar-refractivity contribution in [2.24, 2.45) is 0 Å². The van der Waals surface area contributed by atoms with E-state index in [0.717, 1.165) is 60.0 Å². The molecular formula is C18H23N3O3S3. The first-order chi connectivity index (χ1) is 12.8. The highest BCUT2D eigenvalue weighted by molar-refractivity contribution is 7.99. The molecule has 1 aromatic heterocycles. The zero-order valence-electron chi connectivity index (χ0n) is 15.4. The normalized spacial score (nSPS) is 15.7. The van der Waals surface area contributed by atoms with Crippen LogP contribution in [0.1, 0.15) is 29.7 Å². The molecule has 1 aliphatic heterocycles. The standard InChI is InChI=1S/C18H23N3O3S3/c1-13-7-8-16(27(22,23)24)11-14(13)6-4-10-25-18-17(19-26-20-18)15-5-3-9-21(2)12-15/h5,7-8,11H,3-4,6,9-10,12H2,1-2H3,(H,22,23,24). The van der Waals surface area contributed by atoms with Crippen LogP contribution >= 0.6 is 23.5 Å². The topological polar surface area (TPSA) is 83.4 Å². The van der Waals surface area contributed by atoms with Crippen LogP contribution in [0.4, 0.5) is 0 Å². The Morgan fingerprint density at radius 2 is 2.15 bits per heavy atom. The molecule has 27 heavy (non-hydrogen) atoms. The number of hydrogen-bond donors (Lipinski definition) is 1. The maximum atomic E-state index is 11.3. The summed E-state index contributed by atoms with van der Waals surface area (Å²) in [4.78, 5) is 2.24. The Morgan fingerprint density at radius 3 is 2.89 bits per heavy atom. The van der Waals surface area contributed by atoms with Gasteiger partial charge in [-0.25, -0.2) is 0 Å². The number of thioether (sulfide) groups is 1. The van der Waals surface area contributed by atoms with Gasteiger partial charge in [-0.15, -0.1) is 11.8 Å². The number of nitrogens with zero attached hydrogens (tertiary/aromatic N) is 3. The Bertz CT molecular complexity index is 938. The summed E-state index contributed by atoms with van der Waals surface area (Å²) in [5, 5.41) is 0.977. The highest BCUT2D eigenvalue weighted by atomic mass is 32.2. The molecule has 1 aliphatic rings. The molecule has 9 heteroatoms. The van der Waals surface area contributed by atoms with Crippen LogP contribution < -0.4 is 0 Å². The van der Waals surface area contributed by atoms with Crippen molar-refractivity contribution in [2.75, 3.05) is 25.9 Å². The lowest BCUT2D eigenvalue weighted by molar-refractivity contribution is 0.372. The van der Waals surface area contributed by atoms with Crippen molar-refractivity contribution in [1.82, 2.24) is 13.6 Å². The van der Waals surface area contributed by atoms with Crippen molar-refractivity contribution in [3.05, 3.63) is 41.1 Å². The van der Waals surface area contributed by atoms with Crippen LogP contribution in [0.2, 0.25) is 0 Å². The number of aromatic nitrogens is 2. The minimum atomic E-state index is -4.16. The Morgan fingerprint density at radius 1 is 1.33 bits per heavy atom. The van der Waals surface area contributed by atoms with Crippen LogP contribution in [-0.4, -0.2) is 52.5 Å². The maximum absolute atomic E-state index is 11.3. The van der Waals surface area contributed by atoms with Gasteiger partial charge in [-0.05, 0) is 67.8 Å². The Balaban J connectivity index is 1.59. The van der Waals surface area contributed by atoms with E-state index in [1.807, 2.05) is 6.92 Å². The molecule has 0 fully saturated rings. The molecule has 2 aromatic rings. The first-order valence-electron chi connectivity index (χ1n) is 8.75. The summed E-state index contributed by atoms with van der Waals surface area (Å²) in [6.45, 7) is 3.93. The molecule has 1 N–H and O–H groups in total. The second-order valence-electron chi connectivity index (χ2n) is 6.69. The second kappa shape index (κ2) is 8.83. The number of rotatable bonds is 7. The minimum Gasteiger partial charge on any atom is -0.302 e. The molecule has 146 valence electrons. The van der Waals surface area contributed by atoms with E-state index in [1.54, 1.807) is 23.9 Å². The Kier molecular flexibility index (Phi) is 6.69. The summed E-state index contributed by atoms with van der Waals surface area (Å²) in [5.41, 5.74) is 4.22. The molecular weight excluding hydrogens is 402 g/mol. The molecule has 0 radical (unpaired) electrons. The van der Waals surface area contributed by atoms with E-state index in [9.17, 15) is 13.0 Å². The van der Waals surface area contributed by atoms with Crippen molar-refractivity contribution in [2.45, 2.75) is 36.1 Å². The van der Waals surface area contributed by atoms with E-state index in [-0.39, 0.29) is 4.90 Å². The molecule has 0 atom stereocenters. The molecule has 0 bridgehead atoms. The second-order valence-corrected chi connectivity index (χ2v) is 9.72. The summed E-state index contributed by atoms with van der Waals surface area (Å²) in [7, 11) is -2.05. The van der Waals surface area contributed by atoms with Gasteiger partial charge in [-0.2, -0.15) is 17.2 Å². The number of hydrogen-bond acceptors (Lipinski definition) is 7. The van der Waals surface area contributed by atoms with E-state index in [4.69, 9.17) is 0 Å². The lowest BCUT2D eigenvalue weighted by Gasteiger charge is -2.22. The lowest BCUT2D eigenvalue weighted by Crippen LogP contribution is -2.25.